The van der Waals surface area contributed by atoms with E-state index in [1.807, 2.05) is 6.92 Å². The number of hydrogen-bond donors (Lipinski definition) is 1. The molecule has 0 aliphatic heterocycles. The highest BCUT2D eigenvalue weighted by Crippen LogP contribution is 2.47. The van der Waals surface area contributed by atoms with Crippen molar-refractivity contribution in [2.24, 2.45) is 17.8 Å². The van der Waals surface area contributed by atoms with Crippen molar-refractivity contribution in [1.29, 1.82) is 0 Å². The summed E-state index contributed by atoms with van der Waals surface area (Å²) in [5, 5.41) is 8.69. The molecule has 3 nitrogen and oxygen atoms in total. The van der Waals surface area contributed by atoms with Gasteiger partial charge in [0.05, 0.1) is 5.38 Å². The van der Waals surface area contributed by atoms with Crippen molar-refractivity contribution in [2.75, 3.05) is 0 Å². The Balaban J connectivity index is 3.05. The molecule has 1 aliphatic carbocycles. The zero-order chi connectivity index (χ0) is 13.2. The van der Waals surface area contributed by atoms with Gasteiger partial charge in [0.15, 0.2) is 0 Å². The number of rotatable bonds is 3. The molecule has 1 fully saturated rings. The fourth-order valence-electron chi connectivity index (χ4n) is 3.22. The molecular formula is C13H23ClO3. The number of halogens is 1. The van der Waals surface area contributed by atoms with E-state index in [0.29, 0.717) is 11.8 Å². The van der Waals surface area contributed by atoms with Crippen LogP contribution in [0.3, 0.4) is 0 Å². The molecule has 0 bridgehead atoms. The monoisotopic (exact) mass is 262 g/mol. The Hall–Kier alpha value is -0.440. The molecule has 0 aromatic rings. The van der Waals surface area contributed by atoms with Crippen LogP contribution in [0.15, 0.2) is 0 Å². The minimum atomic E-state index is -1.21. The summed E-state index contributed by atoms with van der Waals surface area (Å²) in [4.78, 5) is 11.0. The van der Waals surface area contributed by atoms with Crippen LogP contribution in [0, 0.1) is 17.8 Å². The first-order valence-electron chi connectivity index (χ1n) is 6.35. The Bertz CT molecular complexity index is 278. The maximum absolute atomic E-state index is 11.0. The molecule has 1 aliphatic rings. The molecule has 4 heteroatoms. The van der Waals surface area contributed by atoms with Crippen molar-refractivity contribution < 1.29 is 14.6 Å². The van der Waals surface area contributed by atoms with Crippen LogP contribution in [0.4, 0.5) is 4.79 Å². The Labute approximate surface area is 108 Å². The van der Waals surface area contributed by atoms with Crippen LogP contribution in [-0.2, 0) is 4.74 Å². The van der Waals surface area contributed by atoms with Crippen molar-refractivity contribution in [3.63, 3.8) is 0 Å². The standard InChI is InChI=1S/C13H23ClO3/c1-8(2)11-6-5-9(3)7-13(11,10(4)14)17-12(15)16/h8-11H,5-7H2,1-4H3,(H,15,16)/t9-,10+,11+,13+/m1/s1. The Morgan fingerprint density at radius 1 is 1.41 bits per heavy atom. The average Bonchev–Trinajstić information content (AvgIpc) is 2.15. The van der Waals surface area contributed by atoms with Gasteiger partial charge >= 0.3 is 6.16 Å². The van der Waals surface area contributed by atoms with Crippen LogP contribution in [0.5, 0.6) is 0 Å². The first kappa shape index (κ1) is 14.6. The third-order valence-electron chi connectivity index (χ3n) is 4.02. The molecule has 0 spiro atoms. The van der Waals surface area contributed by atoms with Crippen molar-refractivity contribution in [1.82, 2.24) is 0 Å². The second-order valence-corrected chi connectivity index (χ2v) is 6.33. The van der Waals surface area contributed by atoms with Gasteiger partial charge in [-0.25, -0.2) is 4.79 Å². The molecule has 1 rings (SSSR count). The van der Waals surface area contributed by atoms with E-state index in [2.05, 4.69) is 20.8 Å². The predicted molar refractivity (Wildman–Crippen MR) is 68.5 cm³/mol. The van der Waals surface area contributed by atoms with Crippen molar-refractivity contribution in [3.8, 4) is 0 Å². The molecule has 4 atom stereocenters. The third kappa shape index (κ3) is 3.06. The predicted octanol–water partition coefficient (Wildman–Crippen LogP) is 4.14. The third-order valence-corrected chi connectivity index (χ3v) is 4.39. The molecule has 1 saturated carbocycles. The summed E-state index contributed by atoms with van der Waals surface area (Å²) in [5.74, 6) is 1.05. The van der Waals surface area contributed by atoms with Gasteiger partial charge in [-0.1, -0.05) is 27.2 Å². The number of carbonyl (C=O) groups is 1. The van der Waals surface area contributed by atoms with Gasteiger partial charge in [-0.15, -0.1) is 11.6 Å². The summed E-state index contributed by atoms with van der Waals surface area (Å²) in [6.45, 7) is 8.20. The van der Waals surface area contributed by atoms with E-state index in [-0.39, 0.29) is 11.3 Å². The van der Waals surface area contributed by atoms with Gasteiger partial charge in [0, 0.05) is 5.92 Å². The lowest BCUT2D eigenvalue weighted by Gasteiger charge is -2.48. The zero-order valence-electron chi connectivity index (χ0n) is 11.1. The van der Waals surface area contributed by atoms with E-state index < -0.39 is 11.8 Å². The van der Waals surface area contributed by atoms with Gasteiger partial charge in [-0.3, -0.25) is 0 Å². The van der Waals surface area contributed by atoms with Crippen molar-refractivity contribution >= 4 is 17.8 Å². The van der Waals surface area contributed by atoms with Gasteiger partial charge in [0.2, 0.25) is 0 Å². The van der Waals surface area contributed by atoms with E-state index >= 15 is 0 Å². The largest absolute Gasteiger partial charge is 0.506 e. The van der Waals surface area contributed by atoms with Crippen LogP contribution in [0.25, 0.3) is 0 Å². The smallest absolute Gasteiger partial charge is 0.450 e. The van der Waals surface area contributed by atoms with E-state index in [1.165, 1.54) is 0 Å². The molecule has 1 N–H and O–H groups in total. The lowest BCUT2D eigenvalue weighted by Crippen LogP contribution is -2.54. The fraction of sp³-hybridized carbons (Fsp3) is 0.923. The quantitative estimate of drug-likeness (QED) is 0.614. The molecule has 0 aromatic carbocycles. The molecule has 0 heterocycles. The summed E-state index contributed by atoms with van der Waals surface area (Å²) < 4.78 is 5.27. The molecule has 17 heavy (non-hydrogen) atoms. The van der Waals surface area contributed by atoms with Gasteiger partial charge < -0.3 is 9.84 Å². The van der Waals surface area contributed by atoms with Gasteiger partial charge in [0.25, 0.3) is 0 Å². The van der Waals surface area contributed by atoms with Gasteiger partial charge in [-0.2, -0.15) is 0 Å². The van der Waals surface area contributed by atoms with Gasteiger partial charge in [-0.05, 0) is 31.6 Å². The van der Waals surface area contributed by atoms with Crippen molar-refractivity contribution in [2.45, 2.75) is 57.9 Å². The lowest BCUT2D eigenvalue weighted by atomic mass is 9.65. The SMILES string of the molecule is CC(C)[C@@H]1CC[C@@H](C)C[C@]1(OC(=O)O)[C@H](C)Cl. The first-order valence-corrected chi connectivity index (χ1v) is 6.79. The fourth-order valence-corrected chi connectivity index (χ4v) is 3.52. The summed E-state index contributed by atoms with van der Waals surface area (Å²) >= 11 is 6.27. The van der Waals surface area contributed by atoms with E-state index in [1.54, 1.807) is 0 Å². The molecule has 0 saturated heterocycles. The molecular weight excluding hydrogens is 240 g/mol. The number of ether oxygens (including phenoxy) is 1. The Kier molecular flexibility index (Phi) is 4.70. The molecule has 0 aromatic heterocycles. The van der Waals surface area contributed by atoms with Gasteiger partial charge in [0.1, 0.15) is 5.60 Å². The highest BCUT2D eigenvalue weighted by Gasteiger charge is 2.50. The topological polar surface area (TPSA) is 46.5 Å². The number of alkyl halides is 1. The molecule has 0 radical (unpaired) electrons. The highest BCUT2D eigenvalue weighted by atomic mass is 35.5. The maximum Gasteiger partial charge on any atom is 0.506 e. The van der Waals surface area contributed by atoms with Crippen LogP contribution in [0.2, 0.25) is 0 Å². The zero-order valence-corrected chi connectivity index (χ0v) is 11.8. The Morgan fingerprint density at radius 2 is 2.00 bits per heavy atom. The average molecular weight is 263 g/mol. The second kappa shape index (κ2) is 5.47. The summed E-state index contributed by atoms with van der Waals surface area (Å²) in [6.07, 6.45) is 1.63. The summed E-state index contributed by atoms with van der Waals surface area (Å²) in [5.41, 5.74) is -0.723. The van der Waals surface area contributed by atoms with Crippen LogP contribution >= 0.6 is 11.6 Å². The maximum atomic E-state index is 11.0. The second-order valence-electron chi connectivity index (χ2n) is 5.68. The lowest BCUT2D eigenvalue weighted by molar-refractivity contribution is -0.102. The highest BCUT2D eigenvalue weighted by molar-refractivity contribution is 6.21. The normalized spacial score (nSPS) is 35.6. The number of carboxylic acid groups (broad SMARTS) is 1. The molecule has 0 amide bonds. The van der Waals surface area contributed by atoms with Crippen molar-refractivity contribution in [3.05, 3.63) is 0 Å². The van der Waals surface area contributed by atoms with Crippen LogP contribution in [-0.4, -0.2) is 22.2 Å². The number of hydrogen-bond acceptors (Lipinski definition) is 2. The Morgan fingerprint density at radius 3 is 2.41 bits per heavy atom. The minimum Gasteiger partial charge on any atom is -0.450 e. The van der Waals surface area contributed by atoms with E-state index in [9.17, 15) is 4.79 Å². The molecule has 100 valence electrons. The summed E-state index contributed by atoms with van der Waals surface area (Å²) in [6, 6.07) is 0. The van der Waals surface area contributed by atoms with E-state index in [4.69, 9.17) is 21.4 Å². The van der Waals surface area contributed by atoms with Crippen LogP contribution in [0.1, 0.15) is 47.0 Å². The minimum absolute atomic E-state index is 0.210. The first-order chi connectivity index (χ1) is 7.79. The summed E-state index contributed by atoms with van der Waals surface area (Å²) in [7, 11) is 0. The van der Waals surface area contributed by atoms with E-state index in [0.717, 1.165) is 19.3 Å². The van der Waals surface area contributed by atoms with Crippen LogP contribution < -0.4 is 0 Å². The molecule has 0 unspecified atom stereocenters.